The summed E-state index contributed by atoms with van der Waals surface area (Å²) >= 11 is 0. The van der Waals surface area contributed by atoms with Gasteiger partial charge in [0.05, 0.1) is 6.61 Å². The molecule has 0 saturated heterocycles. The second kappa shape index (κ2) is 10.7. The Balaban J connectivity index is 3.46. The lowest BCUT2D eigenvalue weighted by Gasteiger charge is -2.19. The van der Waals surface area contributed by atoms with Crippen molar-refractivity contribution in [1.29, 1.82) is 0 Å². The Morgan fingerprint density at radius 3 is 2.14 bits per heavy atom. The molecule has 0 aliphatic carbocycles. The third kappa shape index (κ3) is 9.92. The smallest absolute Gasteiger partial charge is 0.298 e. The minimum Gasteiger partial charge on any atom is -0.298 e. The standard InChI is InChI=1S/C14H23F5O3/c1-2-3-6-9-12(20)22-21-11-8-5-4-7-10-13(15,16)14(17,18)19/h2-11H2,1H3. The van der Waals surface area contributed by atoms with Crippen LogP contribution in [0.2, 0.25) is 0 Å². The van der Waals surface area contributed by atoms with E-state index in [0.29, 0.717) is 12.8 Å². The van der Waals surface area contributed by atoms with E-state index in [1.165, 1.54) is 0 Å². The van der Waals surface area contributed by atoms with E-state index in [1.54, 1.807) is 0 Å². The van der Waals surface area contributed by atoms with Gasteiger partial charge in [0, 0.05) is 12.8 Å². The van der Waals surface area contributed by atoms with Gasteiger partial charge in [0.25, 0.3) is 0 Å². The first kappa shape index (κ1) is 21.1. The molecule has 0 aliphatic rings. The molecule has 0 aromatic carbocycles. The van der Waals surface area contributed by atoms with Crippen LogP contribution in [0, 0.1) is 0 Å². The van der Waals surface area contributed by atoms with Crippen molar-refractivity contribution in [1.82, 2.24) is 0 Å². The second-order valence-corrected chi connectivity index (χ2v) is 5.10. The summed E-state index contributed by atoms with van der Waals surface area (Å²) in [6.07, 6.45) is -2.89. The lowest BCUT2D eigenvalue weighted by molar-refractivity contribution is -0.284. The second-order valence-electron chi connectivity index (χ2n) is 5.10. The minimum atomic E-state index is -5.48. The van der Waals surface area contributed by atoms with Gasteiger partial charge in [0.1, 0.15) is 0 Å². The molecule has 0 rings (SSSR count). The fraction of sp³-hybridized carbons (Fsp3) is 0.929. The van der Waals surface area contributed by atoms with Crippen LogP contribution in [0.15, 0.2) is 0 Å². The van der Waals surface area contributed by atoms with E-state index in [4.69, 9.17) is 0 Å². The fourth-order valence-electron chi connectivity index (χ4n) is 1.67. The van der Waals surface area contributed by atoms with Crippen LogP contribution >= 0.6 is 0 Å². The number of hydrogen-bond donors (Lipinski definition) is 0. The molecule has 0 radical (unpaired) electrons. The van der Waals surface area contributed by atoms with E-state index in [9.17, 15) is 26.7 Å². The molecule has 3 nitrogen and oxygen atoms in total. The third-order valence-electron chi connectivity index (χ3n) is 3.02. The fourth-order valence-corrected chi connectivity index (χ4v) is 1.67. The highest BCUT2D eigenvalue weighted by atomic mass is 19.4. The summed E-state index contributed by atoms with van der Waals surface area (Å²) in [4.78, 5) is 20.3. The average Bonchev–Trinajstić information content (AvgIpc) is 2.40. The molecule has 0 aliphatic heterocycles. The van der Waals surface area contributed by atoms with Crippen molar-refractivity contribution < 1.29 is 36.5 Å². The van der Waals surface area contributed by atoms with Crippen molar-refractivity contribution >= 4 is 5.97 Å². The van der Waals surface area contributed by atoms with Crippen LogP contribution in [0.3, 0.4) is 0 Å². The molecule has 22 heavy (non-hydrogen) atoms. The van der Waals surface area contributed by atoms with E-state index in [2.05, 4.69) is 9.78 Å². The number of halogens is 5. The Bertz CT molecular complexity index is 305. The van der Waals surface area contributed by atoms with Gasteiger partial charge >= 0.3 is 18.1 Å². The zero-order valence-electron chi connectivity index (χ0n) is 12.7. The summed E-state index contributed by atoms with van der Waals surface area (Å²) < 4.78 is 60.8. The molecule has 0 atom stereocenters. The van der Waals surface area contributed by atoms with Crippen molar-refractivity contribution in [2.75, 3.05) is 6.61 Å². The predicted molar refractivity (Wildman–Crippen MR) is 70.3 cm³/mol. The van der Waals surface area contributed by atoms with Gasteiger partial charge in [-0.25, -0.2) is 4.79 Å². The maximum atomic E-state index is 12.6. The van der Waals surface area contributed by atoms with Crippen molar-refractivity contribution in [2.24, 2.45) is 0 Å². The SMILES string of the molecule is CCCCCC(=O)OOCCCCCCC(F)(F)C(F)(F)F. The maximum absolute atomic E-state index is 12.6. The molecule has 0 unspecified atom stereocenters. The monoisotopic (exact) mass is 334 g/mol. The first-order valence-corrected chi connectivity index (χ1v) is 7.47. The number of carbonyl (C=O) groups is 1. The predicted octanol–water partition coefficient (Wildman–Crippen LogP) is 5.19. The lowest BCUT2D eigenvalue weighted by Crippen LogP contribution is -2.36. The highest BCUT2D eigenvalue weighted by molar-refractivity contribution is 5.68. The van der Waals surface area contributed by atoms with Crippen LogP contribution in [0.25, 0.3) is 0 Å². The van der Waals surface area contributed by atoms with Crippen LogP contribution in [-0.2, 0) is 14.6 Å². The molecule has 0 amide bonds. The molecular formula is C14H23F5O3. The first-order valence-electron chi connectivity index (χ1n) is 7.47. The van der Waals surface area contributed by atoms with Crippen molar-refractivity contribution in [3.63, 3.8) is 0 Å². The maximum Gasteiger partial charge on any atom is 0.453 e. The summed E-state index contributed by atoms with van der Waals surface area (Å²) in [5.41, 5.74) is 0. The molecule has 8 heteroatoms. The van der Waals surface area contributed by atoms with E-state index < -0.39 is 24.5 Å². The molecule has 132 valence electrons. The molecule has 0 aromatic heterocycles. The first-order chi connectivity index (χ1) is 10.2. The van der Waals surface area contributed by atoms with Gasteiger partial charge in [-0.1, -0.05) is 32.6 Å². The van der Waals surface area contributed by atoms with Crippen LogP contribution in [-0.4, -0.2) is 24.7 Å². The summed E-state index contributed by atoms with van der Waals surface area (Å²) in [6, 6.07) is 0. The topological polar surface area (TPSA) is 35.5 Å². The Hall–Kier alpha value is -0.920. The van der Waals surface area contributed by atoms with Crippen molar-refractivity contribution in [2.45, 2.75) is 76.8 Å². The molecule has 0 aromatic rings. The van der Waals surface area contributed by atoms with Crippen LogP contribution in [0.4, 0.5) is 22.0 Å². The average molecular weight is 334 g/mol. The summed E-state index contributed by atoms with van der Waals surface area (Å²) in [5, 5.41) is 0. The molecule has 0 fully saturated rings. The highest BCUT2D eigenvalue weighted by Crippen LogP contribution is 2.39. The van der Waals surface area contributed by atoms with Gasteiger partial charge in [0.15, 0.2) is 0 Å². The number of rotatable bonds is 12. The van der Waals surface area contributed by atoms with Gasteiger partial charge in [-0.05, 0) is 19.3 Å². The molecular weight excluding hydrogens is 311 g/mol. The molecule has 0 heterocycles. The number of carbonyl (C=O) groups excluding carboxylic acids is 1. The normalized spacial score (nSPS) is 12.5. The summed E-state index contributed by atoms with van der Waals surface area (Å²) in [5.74, 6) is -5.09. The van der Waals surface area contributed by atoms with Gasteiger partial charge in [-0.2, -0.15) is 26.8 Å². The zero-order valence-corrected chi connectivity index (χ0v) is 12.7. The quantitative estimate of drug-likeness (QED) is 0.213. The van der Waals surface area contributed by atoms with Gasteiger partial charge in [-0.3, -0.25) is 4.89 Å². The lowest BCUT2D eigenvalue weighted by atomic mass is 10.1. The Morgan fingerprint density at radius 2 is 1.55 bits per heavy atom. The summed E-state index contributed by atoms with van der Waals surface area (Å²) in [7, 11) is 0. The van der Waals surface area contributed by atoms with E-state index in [1.807, 2.05) is 6.92 Å². The van der Waals surface area contributed by atoms with Crippen LogP contribution in [0.5, 0.6) is 0 Å². The van der Waals surface area contributed by atoms with E-state index in [0.717, 1.165) is 19.3 Å². The summed E-state index contributed by atoms with van der Waals surface area (Å²) in [6.45, 7) is 2.11. The zero-order chi connectivity index (χ0) is 17.1. The molecule has 0 saturated carbocycles. The van der Waals surface area contributed by atoms with Gasteiger partial charge in [0.2, 0.25) is 0 Å². The number of unbranched alkanes of at least 4 members (excludes halogenated alkanes) is 5. The largest absolute Gasteiger partial charge is 0.453 e. The Morgan fingerprint density at radius 1 is 0.909 bits per heavy atom. The van der Waals surface area contributed by atoms with Crippen LogP contribution in [0.1, 0.15) is 64.7 Å². The minimum absolute atomic E-state index is 0.106. The van der Waals surface area contributed by atoms with Crippen molar-refractivity contribution in [3.8, 4) is 0 Å². The van der Waals surface area contributed by atoms with Gasteiger partial charge in [-0.15, -0.1) is 0 Å². The Labute approximate surface area is 127 Å². The molecule has 0 spiro atoms. The number of hydrogen-bond acceptors (Lipinski definition) is 3. The molecule has 0 N–H and O–H groups in total. The van der Waals surface area contributed by atoms with Crippen molar-refractivity contribution in [3.05, 3.63) is 0 Å². The van der Waals surface area contributed by atoms with Crippen LogP contribution < -0.4 is 0 Å². The molecule has 0 bridgehead atoms. The highest BCUT2D eigenvalue weighted by Gasteiger charge is 2.56. The van der Waals surface area contributed by atoms with E-state index >= 15 is 0 Å². The number of alkyl halides is 5. The third-order valence-corrected chi connectivity index (χ3v) is 3.02. The Kier molecular flexibility index (Phi) is 10.3. The van der Waals surface area contributed by atoms with Gasteiger partial charge < -0.3 is 0 Å². The van der Waals surface area contributed by atoms with E-state index in [-0.39, 0.29) is 25.9 Å².